The number of fused-ring (bicyclic) bond motifs is 1. The van der Waals surface area contributed by atoms with E-state index in [2.05, 4.69) is 35.2 Å². The second-order valence-corrected chi connectivity index (χ2v) is 12.6. The van der Waals surface area contributed by atoms with Crippen molar-refractivity contribution in [3.05, 3.63) is 35.8 Å². The number of thiazole rings is 1. The van der Waals surface area contributed by atoms with E-state index < -0.39 is 16.1 Å². The second kappa shape index (κ2) is 12.4. The van der Waals surface area contributed by atoms with E-state index in [1.54, 1.807) is 24.9 Å². The lowest BCUT2D eigenvalue weighted by Crippen LogP contribution is -2.50. The molecule has 0 saturated carbocycles. The minimum absolute atomic E-state index is 0.00498. The Balaban J connectivity index is 1.38. The number of nitrogens with one attached hydrogen (secondary N) is 2. The van der Waals surface area contributed by atoms with E-state index in [0.717, 1.165) is 16.7 Å². The fraction of sp³-hybridized carbons (Fsp3) is 0.480. The zero-order valence-electron chi connectivity index (χ0n) is 23.2. The molecule has 0 unspecified atom stereocenters. The average molecular weight is 591 g/mol. The molecule has 1 aliphatic rings. The van der Waals surface area contributed by atoms with Crippen molar-refractivity contribution < 1.29 is 22.7 Å². The number of rotatable bonds is 9. The van der Waals surface area contributed by atoms with Gasteiger partial charge in [-0.2, -0.15) is 4.31 Å². The number of benzene rings is 1. The standard InChI is InChI=1S/C25H34N8O5S2/c1-6-31(4)22(34)19-9-7-8-18-20(19)26-15-27-21(18)28-16(2)14-32-10-12-33(13-11-32)40(36,37)23-17(3)29-24(39-23)30-25(35)38-5/h7-9,15-16H,6,10-14H2,1-5H3,(H,26,27,28)(H,29,30,35)/t16-/m0/s1. The summed E-state index contributed by atoms with van der Waals surface area (Å²) in [5.41, 5.74) is 1.46. The molecular formula is C25H34N8O5S2. The zero-order valence-corrected chi connectivity index (χ0v) is 24.8. The van der Waals surface area contributed by atoms with Crippen LogP contribution in [-0.4, -0.2) is 109 Å². The molecule has 2 aromatic heterocycles. The SMILES string of the molecule is CCN(C)C(=O)c1cccc2c(N[C@@H](C)CN3CCN(S(=O)(=O)c4sc(NC(=O)OC)nc4C)CC3)ncnc12. The number of amides is 2. The lowest BCUT2D eigenvalue weighted by molar-refractivity contribution is 0.0804. The van der Waals surface area contributed by atoms with Gasteiger partial charge < -0.3 is 15.0 Å². The van der Waals surface area contributed by atoms with E-state index in [-0.39, 0.29) is 21.3 Å². The maximum Gasteiger partial charge on any atom is 0.413 e. The molecule has 13 nitrogen and oxygen atoms in total. The first-order valence-electron chi connectivity index (χ1n) is 12.9. The topological polar surface area (TPSA) is 150 Å². The minimum atomic E-state index is -3.75. The van der Waals surface area contributed by atoms with E-state index in [0.29, 0.717) is 61.9 Å². The lowest BCUT2D eigenvalue weighted by atomic mass is 10.1. The number of nitrogens with zero attached hydrogens (tertiary/aromatic N) is 6. The minimum Gasteiger partial charge on any atom is -0.453 e. The van der Waals surface area contributed by atoms with Gasteiger partial charge in [0.15, 0.2) is 9.34 Å². The normalized spacial score (nSPS) is 15.5. The third-order valence-electron chi connectivity index (χ3n) is 6.69. The van der Waals surface area contributed by atoms with Crippen molar-refractivity contribution >= 4 is 55.2 Å². The number of carbonyl (C=O) groups is 2. The summed E-state index contributed by atoms with van der Waals surface area (Å²) < 4.78 is 32.7. The van der Waals surface area contributed by atoms with Crippen LogP contribution in [0.5, 0.6) is 0 Å². The Hall–Kier alpha value is -3.40. The third kappa shape index (κ3) is 6.32. The van der Waals surface area contributed by atoms with Gasteiger partial charge in [-0.05, 0) is 32.9 Å². The fourth-order valence-corrected chi connectivity index (χ4v) is 7.43. The summed E-state index contributed by atoms with van der Waals surface area (Å²) in [5.74, 6) is 0.549. The van der Waals surface area contributed by atoms with Crippen LogP contribution in [0.4, 0.5) is 15.7 Å². The molecule has 0 radical (unpaired) electrons. The highest BCUT2D eigenvalue weighted by Gasteiger charge is 2.32. The number of hydrogen-bond acceptors (Lipinski definition) is 11. The summed E-state index contributed by atoms with van der Waals surface area (Å²) in [6.45, 7) is 8.60. The van der Waals surface area contributed by atoms with Gasteiger partial charge in [0.05, 0.1) is 23.9 Å². The van der Waals surface area contributed by atoms with E-state index >= 15 is 0 Å². The summed E-state index contributed by atoms with van der Waals surface area (Å²) in [6, 6.07) is 5.49. The van der Waals surface area contributed by atoms with Crippen LogP contribution < -0.4 is 10.6 Å². The van der Waals surface area contributed by atoms with E-state index in [1.807, 2.05) is 26.0 Å². The first kappa shape index (κ1) is 29.6. The molecule has 40 heavy (non-hydrogen) atoms. The molecule has 0 aliphatic carbocycles. The number of hydrogen-bond donors (Lipinski definition) is 2. The van der Waals surface area contributed by atoms with Crippen LogP contribution in [0.15, 0.2) is 28.7 Å². The van der Waals surface area contributed by atoms with Gasteiger partial charge in [-0.1, -0.05) is 17.4 Å². The van der Waals surface area contributed by atoms with Crippen molar-refractivity contribution in [1.29, 1.82) is 0 Å². The summed E-state index contributed by atoms with van der Waals surface area (Å²) in [5, 5.41) is 6.80. The monoisotopic (exact) mass is 590 g/mol. The molecule has 3 aromatic rings. The van der Waals surface area contributed by atoms with Gasteiger partial charge in [-0.15, -0.1) is 0 Å². The third-order valence-corrected chi connectivity index (χ3v) is 10.2. The Bertz CT molecular complexity index is 1490. The van der Waals surface area contributed by atoms with Gasteiger partial charge in [0.25, 0.3) is 15.9 Å². The molecule has 3 heterocycles. The molecule has 0 bridgehead atoms. The molecule has 2 N–H and O–H groups in total. The molecule has 1 atom stereocenters. The highest BCUT2D eigenvalue weighted by molar-refractivity contribution is 7.91. The number of sulfonamides is 1. The van der Waals surface area contributed by atoms with Gasteiger partial charge in [-0.3, -0.25) is 15.0 Å². The molecule has 1 aromatic carbocycles. The lowest BCUT2D eigenvalue weighted by Gasteiger charge is -2.35. The number of anilines is 2. The van der Waals surface area contributed by atoms with E-state index in [1.165, 1.54) is 17.7 Å². The van der Waals surface area contributed by atoms with Gasteiger partial charge in [0.2, 0.25) is 0 Å². The first-order chi connectivity index (χ1) is 19.0. The van der Waals surface area contributed by atoms with Crippen LogP contribution >= 0.6 is 11.3 Å². The summed E-state index contributed by atoms with van der Waals surface area (Å²) in [7, 11) is -0.768. The van der Waals surface area contributed by atoms with Crippen molar-refractivity contribution in [1.82, 2.24) is 29.1 Å². The maximum atomic E-state index is 13.3. The number of para-hydroxylation sites is 1. The Morgan fingerprint density at radius 1 is 1.20 bits per heavy atom. The molecule has 1 aliphatic heterocycles. The molecule has 1 saturated heterocycles. The van der Waals surface area contributed by atoms with Crippen molar-refractivity contribution in [3.8, 4) is 0 Å². The molecule has 2 amide bonds. The van der Waals surface area contributed by atoms with Crippen LogP contribution in [-0.2, 0) is 14.8 Å². The molecule has 4 rings (SSSR count). The number of methoxy groups -OCH3 is 1. The molecule has 15 heteroatoms. The largest absolute Gasteiger partial charge is 0.453 e. The Labute approximate surface area is 237 Å². The summed E-state index contributed by atoms with van der Waals surface area (Å²) in [4.78, 5) is 41.1. The van der Waals surface area contributed by atoms with Crippen molar-refractivity contribution in [2.24, 2.45) is 0 Å². The second-order valence-electron chi connectivity index (χ2n) is 9.50. The van der Waals surface area contributed by atoms with E-state index in [9.17, 15) is 18.0 Å². The Kier molecular flexibility index (Phi) is 9.18. The molecular weight excluding hydrogens is 556 g/mol. The quantitative estimate of drug-likeness (QED) is 0.380. The first-order valence-corrected chi connectivity index (χ1v) is 15.1. The molecule has 0 spiro atoms. The van der Waals surface area contributed by atoms with Gasteiger partial charge in [0.1, 0.15) is 12.1 Å². The number of aromatic nitrogens is 3. The number of ether oxygens (including phenoxy) is 1. The van der Waals surface area contributed by atoms with Crippen LogP contribution in [0, 0.1) is 6.92 Å². The number of carbonyl (C=O) groups excluding carboxylic acids is 2. The van der Waals surface area contributed by atoms with Gasteiger partial charge in [-0.25, -0.2) is 28.2 Å². The predicted molar refractivity (Wildman–Crippen MR) is 153 cm³/mol. The van der Waals surface area contributed by atoms with Crippen molar-refractivity contribution in [2.75, 3.05) is 64.1 Å². The van der Waals surface area contributed by atoms with Crippen LogP contribution in [0.1, 0.15) is 29.9 Å². The van der Waals surface area contributed by atoms with Crippen molar-refractivity contribution in [2.45, 2.75) is 31.0 Å². The Morgan fingerprint density at radius 3 is 2.60 bits per heavy atom. The van der Waals surface area contributed by atoms with Gasteiger partial charge >= 0.3 is 6.09 Å². The average Bonchev–Trinajstić information content (AvgIpc) is 3.32. The highest BCUT2D eigenvalue weighted by atomic mass is 32.2. The number of aryl methyl sites for hydroxylation is 1. The molecule has 1 fully saturated rings. The van der Waals surface area contributed by atoms with Crippen LogP contribution in [0.3, 0.4) is 0 Å². The maximum absolute atomic E-state index is 13.3. The summed E-state index contributed by atoms with van der Waals surface area (Å²) >= 11 is 0.911. The van der Waals surface area contributed by atoms with Crippen LogP contribution in [0.2, 0.25) is 0 Å². The van der Waals surface area contributed by atoms with Crippen molar-refractivity contribution in [3.63, 3.8) is 0 Å². The number of piperazine rings is 1. The molecule has 216 valence electrons. The van der Waals surface area contributed by atoms with Crippen LogP contribution in [0.25, 0.3) is 10.9 Å². The zero-order chi connectivity index (χ0) is 29.0. The summed E-state index contributed by atoms with van der Waals surface area (Å²) in [6.07, 6.45) is 0.749. The van der Waals surface area contributed by atoms with Gasteiger partial charge in [0, 0.05) is 57.7 Å². The Morgan fingerprint density at radius 2 is 1.93 bits per heavy atom. The predicted octanol–water partition coefficient (Wildman–Crippen LogP) is 2.47. The fourth-order valence-electron chi connectivity index (χ4n) is 4.47. The highest BCUT2D eigenvalue weighted by Crippen LogP contribution is 2.30. The smallest absolute Gasteiger partial charge is 0.413 e. The van der Waals surface area contributed by atoms with E-state index in [4.69, 9.17) is 0 Å².